The van der Waals surface area contributed by atoms with Crippen LogP contribution in [-0.4, -0.2) is 23.8 Å². The summed E-state index contributed by atoms with van der Waals surface area (Å²) in [5.74, 6) is 2.16. The van der Waals surface area contributed by atoms with Gasteiger partial charge < -0.3 is 10.4 Å². The molecule has 2 nitrogen and oxygen atoms in total. The van der Waals surface area contributed by atoms with E-state index < -0.39 is 0 Å². The highest BCUT2D eigenvalue weighted by Crippen LogP contribution is 2.22. The molecule has 1 rings (SSSR count). The maximum atomic E-state index is 9.72. The molecule has 1 saturated carbocycles. The SMILES string of the molecule is CC(C)C(CN[C@H]1CCC[C@@H]1O)C(C)C. The van der Waals surface area contributed by atoms with Gasteiger partial charge in [0, 0.05) is 6.04 Å². The molecule has 0 aromatic rings. The predicted octanol–water partition coefficient (Wildman–Crippen LogP) is 2.42. The van der Waals surface area contributed by atoms with Gasteiger partial charge in [-0.25, -0.2) is 0 Å². The zero-order chi connectivity index (χ0) is 11.4. The van der Waals surface area contributed by atoms with Crippen LogP contribution in [0, 0.1) is 17.8 Å². The molecule has 2 N–H and O–H groups in total. The highest BCUT2D eigenvalue weighted by molar-refractivity contribution is 4.84. The lowest BCUT2D eigenvalue weighted by molar-refractivity contribution is 0.140. The van der Waals surface area contributed by atoms with Crippen molar-refractivity contribution >= 4 is 0 Å². The standard InChI is InChI=1S/C13H27NO/c1-9(2)11(10(3)4)8-14-12-6-5-7-13(12)15/h9-15H,5-8H2,1-4H3/t12-,13-/m0/s1. The summed E-state index contributed by atoms with van der Waals surface area (Å²) in [6.07, 6.45) is 3.19. The second kappa shape index (κ2) is 5.86. The highest BCUT2D eigenvalue weighted by Gasteiger charge is 2.26. The summed E-state index contributed by atoms with van der Waals surface area (Å²) >= 11 is 0. The maximum Gasteiger partial charge on any atom is 0.0693 e. The van der Waals surface area contributed by atoms with E-state index in [2.05, 4.69) is 33.0 Å². The third-order valence-corrected chi connectivity index (χ3v) is 3.81. The number of rotatable bonds is 5. The molecule has 1 aliphatic rings. The van der Waals surface area contributed by atoms with Crippen molar-refractivity contribution in [3.63, 3.8) is 0 Å². The Hall–Kier alpha value is -0.0800. The first-order valence-electron chi connectivity index (χ1n) is 6.43. The molecule has 0 heterocycles. The summed E-state index contributed by atoms with van der Waals surface area (Å²) in [5, 5.41) is 13.3. The Kier molecular flexibility index (Phi) is 5.07. The van der Waals surface area contributed by atoms with Crippen LogP contribution in [0.1, 0.15) is 47.0 Å². The Labute approximate surface area is 94.5 Å². The Morgan fingerprint density at radius 2 is 1.73 bits per heavy atom. The van der Waals surface area contributed by atoms with Gasteiger partial charge in [-0.05, 0) is 43.6 Å². The minimum Gasteiger partial charge on any atom is -0.392 e. The summed E-state index contributed by atoms with van der Waals surface area (Å²) in [6, 6.07) is 0.352. The molecule has 1 fully saturated rings. The summed E-state index contributed by atoms with van der Waals surface area (Å²) < 4.78 is 0. The molecule has 0 saturated heterocycles. The van der Waals surface area contributed by atoms with Crippen molar-refractivity contribution in [1.29, 1.82) is 0 Å². The van der Waals surface area contributed by atoms with E-state index >= 15 is 0 Å². The maximum absolute atomic E-state index is 9.72. The van der Waals surface area contributed by atoms with Crippen molar-refractivity contribution < 1.29 is 5.11 Å². The predicted molar refractivity (Wildman–Crippen MR) is 64.8 cm³/mol. The van der Waals surface area contributed by atoms with Gasteiger partial charge in [0.15, 0.2) is 0 Å². The summed E-state index contributed by atoms with van der Waals surface area (Å²) in [4.78, 5) is 0. The van der Waals surface area contributed by atoms with Gasteiger partial charge >= 0.3 is 0 Å². The molecule has 90 valence electrons. The fourth-order valence-electron chi connectivity index (χ4n) is 2.71. The summed E-state index contributed by atoms with van der Waals surface area (Å²) in [6.45, 7) is 10.2. The molecule has 0 unspecified atom stereocenters. The van der Waals surface area contributed by atoms with Crippen molar-refractivity contribution in [3.8, 4) is 0 Å². The smallest absolute Gasteiger partial charge is 0.0693 e. The van der Waals surface area contributed by atoms with Gasteiger partial charge in [-0.1, -0.05) is 27.7 Å². The Morgan fingerprint density at radius 3 is 2.13 bits per heavy atom. The van der Waals surface area contributed by atoms with Crippen LogP contribution in [0.3, 0.4) is 0 Å². The topological polar surface area (TPSA) is 32.3 Å². The van der Waals surface area contributed by atoms with Gasteiger partial charge in [0.2, 0.25) is 0 Å². The first-order valence-corrected chi connectivity index (χ1v) is 6.43. The zero-order valence-electron chi connectivity index (χ0n) is 10.7. The highest BCUT2D eigenvalue weighted by atomic mass is 16.3. The van der Waals surface area contributed by atoms with Gasteiger partial charge in [0.25, 0.3) is 0 Å². The van der Waals surface area contributed by atoms with Crippen LogP contribution in [0.2, 0.25) is 0 Å². The summed E-state index contributed by atoms with van der Waals surface area (Å²) in [5.41, 5.74) is 0. The van der Waals surface area contributed by atoms with E-state index in [-0.39, 0.29) is 6.10 Å². The van der Waals surface area contributed by atoms with E-state index in [9.17, 15) is 5.11 Å². The fraction of sp³-hybridized carbons (Fsp3) is 1.00. The molecular formula is C13H27NO. The lowest BCUT2D eigenvalue weighted by Crippen LogP contribution is -2.40. The monoisotopic (exact) mass is 213 g/mol. The number of hydrogen-bond acceptors (Lipinski definition) is 2. The second-order valence-corrected chi connectivity index (χ2v) is 5.66. The quantitative estimate of drug-likeness (QED) is 0.735. The molecule has 0 aromatic carbocycles. The molecule has 0 aromatic heterocycles. The van der Waals surface area contributed by atoms with E-state index in [4.69, 9.17) is 0 Å². The Morgan fingerprint density at radius 1 is 1.13 bits per heavy atom. The van der Waals surface area contributed by atoms with E-state index in [1.54, 1.807) is 0 Å². The average molecular weight is 213 g/mol. The number of aliphatic hydroxyl groups is 1. The van der Waals surface area contributed by atoms with E-state index in [1.807, 2.05) is 0 Å². The van der Waals surface area contributed by atoms with Crippen LogP contribution in [0.15, 0.2) is 0 Å². The molecule has 0 bridgehead atoms. The molecule has 2 atom stereocenters. The number of hydrogen-bond donors (Lipinski definition) is 2. The minimum absolute atomic E-state index is 0.107. The third-order valence-electron chi connectivity index (χ3n) is 3.81. The lowest BCUT2D eigenvalue weighted by atomic mass is 9.85. The van der Waals surface area contributed by atoms with E-state index in [0.717, 1.165) is 37.1 Å². The van der Waals surface area contributed by atoms with Crippen LogP contribution < -0.4 is 5.32 Å². The minimum atomic E-state index is -0.107. The van der Waals surface area contributed by atoms with E-state index in [1.165, 1.54) is 6.42 Å². The normalized spacial score (nSPS) is 27.2. The van der Waals surface area contributed by atoms with Gasteiger partial charge in [-0.15, -0.1) is 0 Å². The molecule has 2 heteroatoms. The molecule has 0 amide bonds. The van der Waals surface area contributed by atoms with E-state index in [0.29, 0.717) is 6.04 Å². The van der Waals surface area contributed by atoms with Gasteiger partial charge in [-0.3, -0.25) is 0 Å². The number of aliphatic hydroxyl groups excluding tert-OH is 1. The largest absolute Gasteiger partial charge is 0.392 e. The van der Waals surface area contributed by atoms with Gasteiger partial charge in [0.1, 0.15) is 0 Å². The molecule has 1 aliphatic carbocycles. The van der Waals surface area contributed by atoms with Crippen molar-refractivity contribution in [2.75, 3.05) is 6.54 Å². The summed E-state index contributed by atoms with van der Waals surface area (Å²) in [7, 11) is 0. The molecular weight excluding hydrogens is 186 g/mol. The lowest BCUT2D eigenvalue weighted by Gasteiger charge is -2.27. The van der Waals surface area contributed by atoms with Gasteiger partial charge in [-0.2, -0.15) is 0 Å². The first-order chi connectivity index (χ1) is 7.02. The number of nitrogens with one attached hydrogen (secondary N) is 1. The van der Waals surface area contributed by atoms with Crippen LogP contribution >= 0.6 is 0 Å². The third kappa shape index (κ3) is 3.76. The Bertz CT molecular complexity index is 171. The van der Waals surface area contributed by atoms with Crippen molar-refractivity contribution in [2.24, 2.45) is 17.8 Å². The average Bonchev–Trinajstić information content (AvgIpc) is 2.51. The van der Waals surface area contributed by atoms with Crippen LogP contribution in [0.4, 0.5) is 0 Å². The van der Waals surface area contributed by atoms with Crippen LogP contribution in [-0.2, 0) is 0 Å². The van der Waals surface area contributed by atoms with Crippen molar-refractivity contribution in [3.05, 3.63) is 0 Å². The Balaban J connectivity index is 2.33. The van der Waals surface area contributed by atoms with Crippen LogP contribution in [0.5, 0.6) is 0 Å². The van der Waals surface area contributed by atoms with Gasteiger partial charge in [0.05, 0.1) is 6.10 Å². The fourth-order valence-corrected chi connectivity index (χ4v) is 2.71. The van der Waals surface area contributed by atoms with Crippen LogP contribution in [0.25, 0.3) is 0 Å². The zero-order valence-corrected chi connectivity index (χ0v) is 10.7. The first kappa shape index (κ1) is 13.0. The second-order valence-electron chi connectivity index (χ2n) is 5.66. The molecule has 0 aliphatic heterocycles. The molecule has 0 radical (unpaired) electrons. The van der Waals surface area contributed by atoms with Crippen molar-refractivity contribution in [2.45, 2.75) is 59.1 Å². The van der Waals surface area contributed by atoms with Crippen molar-refractivity contribution in [1.82, 2.24) is 5.32 Å². The molecule has 0 spiro atoms. The molecule has 15 heavy (non-hydrogen) atoms.